The number of benzene rings is 1. The standard InChI is InChI=1S/C13H19N3O2/c1-3-11-13(17)15-6-7-16(11)12-8-9(18-2)4-5-10(12)14/h4-5,8,11H,3,6-7,14H2,1-2H3,(H,15,17). The maximum atomic E-state index is 11.8. The molecular weight excluding hydrogens is 230 g/mol. The van der Waals surface area contributed by atoms with Crippen molar-refractivity contribution in [2.45, 2.75) is 19.4 Å². The average molecular weight is 249 g/mol. The third kappa shape index (κ3) is 2.20. The molecule has 5 heteroatoms. The van der Waals surface area contributed by atoms with E-state index in [0.717, 1.165) is 24.4 Å². The van der Waals surface area contributed by atoms with Crippen LogP contribution in [0.5, 0.6) is 5.75 Å². The summed E-state index contributed by atoms with van der Waals surface area (Å²) < 4.78 is 5.21. The van der Waals surface area contributed by atoms with Crippen LogP contribution in [0.4, 0.5) is 11.4 Å². The molecule has 1 aliphatic rings. The fraction of sp³-hybridized carbons (Fsp3) is 0.462. The molecule has 2 rings (SSSR count). The summed E-state index contributed by atoms with van der Waals surface area (Å²) in [4.78, 5) is 13.9. The lowest BCUT2D eigenvalue weighted by molar-refractivity contribution is -0.123. The van der Waals surface area contributed by atoms with Crippen LogP contribution >= 0.6 is 0 Å². The molecule has 0 aliphatic carbocycles. The van der Waals surface area contributed by atoms with Crippen molar-refractivity contribution in [3.8, 4) is 5.75 Å². The van der Waals surface area contributed by atoms with Crippen LogP contribution in [0.3, 0.4) is 0 Å². The molecule has 0 aromatic heterocycles. The van der Waals surface area contributed by atoms with E-state index in [9.17, 15) is 4.79 Å². The summed E-state index contributed by atoms with van der Waals surface area (Å²) in [5.74, 6) is 0.811. The molecule has 1 amide bonds. The van der Waals surface area contributed by atoms with Crippen LogP contribution in [-0.2, 0) is 4.79 Å². The highest BCUT2D eigenvalue weighted by molar-refractivity contribution is 5.88. The van der Waals surface area contributed by atoms with Gasteiger partial charge in [-0.1, -0.05) is 6.92 Å². The summed E-state index contributed by atoms with van der Waals surface area (Å²) >= 11 is 0. The number of ether oxygens (including phenoxy) is 1. The second kappa shape index (κ2) is 5.16. The molecule has 1 unspecified atom stereocenters. The zero-order chi connectivity index (χ0) is 13.1. The van der Waals surface area contributed by atoms with Crippen LogP contribution in [0.1, 0.15) is 13.3 Å². The zero-order valence-corrected chi connectivity index (χ0v) is 10.8. The summed E-state index contributed by atoms with van der Waals surface area (Å²) in [7, 11) is 1.62. The van der Waals surface area contributed by atoms with Crippen molar-refractivity contribution in [2.75, 3.05) is 30.8 Å². The van der Waals surface area contributed by atoms with Gasteiger partial charge in [0.25, 0.3) is 0 Å². The van der Waals surface area contributed by atoms with Crippen LogP contribution in [-0.4, -0.2) is 32.1 Å². The lowest BCUT2D eigenvalue weighted by Crippen LogP contribution is -2.55. The topological polar surface area (TPSA) is 67.6 Å². The molecule has 0 bridgehead atoms. The quantitative estimate of drug-likeness (QED) is 0.784. The van der Waals surface area contributed by atoms with Crippen LogP contribution in [0.25, 0.3) is 0 Å². The molecule has 1 fully saturated rings. The second-order valence-electron chi connectivity index (χ2n) is 4.33. The predicted molar refractivity (Wildman–Crippen MR) is 71.8 cm³/mol. The molecule has 0 spiro atoms. The van der Waals surface area contributed by atoms with Gasteiger partial charge in [-0.25, -0.2) is 0 Å². The number of piperazine rings is 1. The fourth-order valence-electron chi connectivity index (χ4n) is 2.31. The van der Waals surface area contributed by atoms with E-state index in [1.54, 1.807) is 7.11 Å². The first kappa shape index (κ1) is 12.5. The Morgan fingerprint density at radius 3 is 3.00 bits per heavy atom. The Morgan fingerprint density at radius 1 is 1.56 bits per heavy atom. The third-order valence-electron chi connectivity index (χ3n) is 3.26. The summed E-state index contributed by atoms with van der Waals surface area (Å²) in [6.45, 7) is 3.41. The SMILES string of the molecule is CCC1C(=O)NCCN1c1cc(OC)ccc1N. The molecular formula is C13H19N3O2. The van der Waals surface area contributed by atoms with Crippen molar-refractivity contribution in [1.29, 1.82) is 0 Å². The molecule has 1 aromatic rings. The molecule has 1 saturated heterocycles. The highest BCUT2D eigenvalue weighted by Gasteiger charge is 2.29. The van der Waals surface area contributed by atoms with E-state index < -0.39 is 0 Å². The van der Waals surface area contributed by atoms with E-state index in [2.05, 4.69) is 10.2 Å². The maximum absolute atomic E-state index is 11.8. The number of methoxy groups -OCH3 is 1. The van der Waals surface area contributed by atoms with Gasteiger partial charge in [0.05, 0.1) is 18.5 Å². The van der Waals surface area contributed by atoms with Gasteiger partial charge >= 0.3 is 0 Å². The smallest absolute Gasteiger partial charge is 0.242 e. The Kier molecular flexibility index (Phi) is 3.60. The first-order valence-corrected chi connectivity index (χ1v) is 6.15. The minimum atomic E-state index is -0.159. The Bertz CT molecular complexity index is 448. The number of nitrogen functional groups attached to an aromatic ring is 1. The Hall–Kier alpha value is -1.91. The number of nitrogens with two attached hydrogens (primary N) is 1. The maximum Gasteiger partial charge on any atom is 0.242 e. The zero-order valence-electron chi connectivity index (χ0n) is 10.8. The minimum absolute atomic E-state index is 0.0611. The number of carbonyl (C=O) groups excluding carboxylic acids is 1. The monoisotopic (exact) mass is 249 g/mol. The summed E-state index contributed by atoms with van der Waals surface area (Å²) in [6, 6.07) is 5.36. The molecule has 3 N–H and O–H groups in total. The van der Waals surface area contributed by atoms with Gasteiger partial charge < -0.3 is 20.7 Å². The van der Waals surface area contributed by atoms with Gasteiger partial charge in [0.2, 0.25) is 5.91 Å². The molecule has 1 aromatic carbocycles. The molecule has 0 saturated carbocycles. The molecule has 1 heterocycles. The number of rotatable bonds is 3. The predicted octanol–water partition coefficient (Wildman–Crippen LogP) is 0.992. The number of hydrogen-bond donors (Lipinski definition) is 2. The lowest BCUT2D eigenvalue weighted by atomic mass is 10.1. The van der Waals surface area contributed by atoms with Crippen molar-refractivity contribution in [3.63, 3.8) is 0 Å². The molecule has 0 radical (unpaired) electrons. The van der Waals surface area contributed by atoms with E-state index in [-0.39, 0.29) is 11.9 Å². The average Bonchev–Trinajstić information content (AvgIpc) is 2.39. The Morgan fingerprint density at radius 2 is 2.33 bits per heavy atom. The normalized spacial score (nSPS) is 19.6. The van der Waals surface area contributed by atoms with E-state index in [1.165, 1.54) is 0 Å². The third-order valence-corrected chi connectivity index (χ3v) is 3.26. The Balaban J connectivity index is 2.36. The highest BCUT2D eigenvalue weighted by atomic mass is 16.5. The van der Waals surface area contributed by atoms with Gasteiger partial charge in [-0.15, -0.1) is 0 Å². The number of nitrogens with one attached hydrogen (secondary N) is 1. The highest BCUT2D eigenvalue weighted by Crippen LogP contribution is 2.30. The second-order valence-corrected chi connectivity index (χ2v) is 4.33. The van der Waals surface area contributed by atoms with Gasteiger partial charge in [0.15, 0.2) is 0 Å². The summed E-state index contributed by atoms with van der Waals surface area (Å²) in [5, 5.41) is 2.88. The largest absolute Gasteiger partial charge is 0.497 e. The van der Waals surface area contributed by atoms with Crippen molar-refractivity contribution in [3.05, 3.63) is 18.2 Å². The number of anilines is 2. The van der Waals surface area contributed by atoms with Gasteiger partial charge in [-0.2, -0.15) is 0 Å². The minimum Gasteiger partial charge on any atom is -0.497 e. The van der Waals surface area contributed by atoms with Crippen molar-refractivity contribution >= 4 is 17.3 Å². The van der Waals surface area contributed by atoms with Crippen LogP contribution < -0.4 is 20.7 Å². The van der Waals surface area contributed by atoms with Gasteiger partial charge in [-0.05, 0) is 18.6 Å². The molecule has 98 valence electrons. The van der Waals surface area contributed by atoms with Crippen molar-refractivity contribution in [1.82, 2.24) is 5.32 Å². The Labute approximate surface area is 107 Å². The summed E-state index contributed by atoms with van der Waals surface area (Å²) in [6.07, 6.45) is 0.752. The number of hydrogen-bond acceptors (Lipinski definition) is 4. The molecule has 5 nitrogen and oxygen atoms in total. The van der Waals surface area contributed by atoms with E-state index in [1.807, 2.05) is 25.1 Å². The summed E-state index contributed by atoms with van der Waals surface area (Å²) in [5.41, 5.74) is 7.55. The van der Waals surface area contributed by atoms with E-state index in [4.69, 9.17) is 10.5 Å². The van der Waals surface area contributed by atoms with Gasteiger partial charge in [0, 0.05) is 19.2 Å². The molecule has 1 atom stereocenters. The van der Waals surface area contributed by atoms with E-state index in [0.29, 0.717) is 12.2 Å². The van der Waals surface area contributed by atoms with Crippen LogP contribution in [0, 0.1) is 0 Å². The van der Waals surface area contributed by atoms with Crippen LogP contribution in [0.2, 0.25) is 0 Å². The number of nitrogens with zero attached hydrogens (tertiary/aromatic N) is 1. The number of carbonyl (C=O) groups is 1. The van der Waals surface area contributed by atoms with Crippen LogP contribution in [0.15, 0.2) is 18.2 Å². The fourth-order valence-corrected chi connectivity index (χ4v) is 2.31. The van der Waals surface area contributed by atoms with Crippen molar-refractivity contribution < 1.29 is 9.53 Å². The first-order chi connectivity index (χ1) is 8.67. The van der Waals surface area contributed by atoms with Crippen molar-refractivity contribution in [2.24, 2.45) is 0 Å². The molecule has 1 aliphatic heterocycles. The molecule has 18 heavy (non-hydrogen) atoms. The first-order valence-electron chi connectivity index (χ1n) is 6.15. The lowest BCUT2D eigenvalue weighted by Gasteiger charge is -2.37. The number of amides is 1. The van der Waals surface area contributed by atoms with Gasteiger partial charge in [0.1, 0.15) is 11.8 Å². The van der Waals surface area contributed by atoms with E-state index >= 15 is 0 Å². The van der Waals surface area contributed by atoms with Gasteiger partial charge in [-0.3, -0.25) is 4.79 Å².